The average Bonchev–Trinajstić information content (AvgIpc) is 2.64. The van der Waals surface area contributed by atoms with E-state index in [1.54, 1.807) is 19.2 Å². The molecule has 2 rings (SSSR count). The van der Waals surface area contributed by atoms with Crippen LogP contribution < -0.4 is 14.9 Å². The van der Waals surface area contributed by atoms with Gasteiger partial charge < -0.3 is 9.47 Å². The smallest absolute Gasteiger partial charge is 0.277 e. The van der Waals surface area contributed by atoms with Gasteiger partial charge >= 0.3 is 0 Å². The molecule has 0 bridgehead atoms. The predicted octanol–water partition coefficient (Wildman–Crippen LogP) is 3.91. The van der Waals surface area contributed by atoms with E-state index in [1.165, 1.54) is 5.56 Å². The Morgan fingerprint density at radius 3 is 2.23 bits per heavy atom. The maximum absolute atomic E-state index is 12.0. The van der Waals surface area contributed by atoms with Crippen molar-refractivity contribution in [3.63, 3.8) is 0 Å². The number of carbonyl (C=O) groups excluding carboxylic acids is 1. The fourth-order valence-corrected chi connectivity index (χ4v) is 2.34. The van der Waals surface area contributed by atoms with Gasteiger partial charge in [-0.1, -0.05) is 57.2 Å². The SMILES string of the molecule is COc1ccccc1OCC(=O)NN=C(C)c1ccc(C(C)(C)C)cc1. The van der Waals surface area contributed by atoms with Gasteiger partial charge in [-0.25, -0.2) is 5.43 Å². The van der Waals surface area contributed by atoms with Crippen LogP contribution in [0.15, 0.2) is 53.6 Å². The van der Waals surface area contributed by atoms with Gasteiger partial charge in [0.15, 0.2) is 18.1 Å². The van der Waals surface area contributed by atoms with E-state index in [0.717, 1.165) is 11.3 Å². The minimum atomic E-state index is -0.332. The van der Waals surface area contributed by atoms with Crippen molar-refractivity contribution in [2.45, 2.75) is 33.1 Å². The fourth-order valence-electron chi connectivity index (χ4n) is 2.34. The van der Waals surface area contributed by atoms with Crippen molar-refractivity contribution in [1.29, 1.82) is 0 Å². The summed E-state index contributed by atoms with van der Waals surface area (Å²) < 4.78 is 10.7. The molecule has 0 aromatic heterocycles. The van der Waals surface area contributed by atoms with Crippen LogP contribution in [0, 0.1) is 0 Å². The molecule has 0 saturated carbocycles. The number of carbonyl (C=O) groups is 1. The molecule has 2 aromatic rings. The monoisotopic (exact) mass is 354 g/mol. The molecule has 0 radical (unpaired) electrons. The van der Waals surface area contributed by atoms with E-state index >= 15 is 0 Å². The molecule has 0 aliphatic carbocycles. The van der Waals surface area contributed by atoms with E-state index in [-0.39, 0.29) is 17.9 Å². The van der Waals surface area contributed by atoms with Crippen molar-refractivity contribution in [2.24, 2.45) is 5.10 Å². The van der Waals surface area contributed by atoms with Crippen LogP contribution in [0.25, 0.3) is 0 Å². The minimum Gasteiger partial charge on any atom is -0.493 e. The van der Waals surface area contributed by atoms with Gasteiger partial charge in [-0.3, -0.25) is 4.79 Å². The Hall–Kier alpha value is -2.82. The Morgan fingerprint density at radius 2 is 1.65 bits per heavy atom. The molecule has 0 aliphatic heterocycles. The van der Waals surface area contributed by atoms with E-state index < -0.39 is 0 Å². The van der Waals surface area contributed by atoms with Crippen LogP contribution in [0.3, 0.4) is 0 Å². The van der Waals surface area contributed by atoms with Gasteiger partial charge in [0.2, 0.25) is 0 Å². The van der Waals surface area contributed by atoms with Gasteiger partial charge in [0.1, 0.15) is 0 Å². The highest BCUT2D eigenvalue weighted by Crippen LogP contribution is 2.25. The number of hydrogen-bond acceptors (Lipinski definition) is 4. The third-order valence-corrected chi connectivity index (χ3v) is 3.94. The molecule has 0 saturated heterocycles. The quantitative estimate of drug-likeness (QED) is 0.632. The molecular weight excluding hydrogens is 328 g/mol. The molecule has 0 spiro atoms. The third-order valence-electron chi connectivity index (χ3n) is 3.94. The highest BCUT2D eigenvalue weighted by atomic mass is 16.5. The molecule has 0 atom stereocenters. The van der Waals surface area contributed by atoms with Crippen LogP contribution in [-0.4, -0.2) is 25.3 Å². The number of para-hydroxylation sites is 2. The van der Waals surface area contributed by atoms with Gasteiger partial charge in [-0.2, -0.15) is 5.10 Å². The highest BCUT2D eigenvalue weighted by molar-refractivity contribution is 5.99. The van der Waals surface area contributed by atoms with Crippen LogP contribution in [0.1, 0.15) is 38.8 Å². The Bertz CT molecular complexity index is 775. The zero-order chi connectivity index (χ0) is 19.2. The van der Waals surface area contributed by atoms with Gasteiger partial charge in [-0.05, 0) is 35.6 Å². The number of methoxy groups -OCH3 is 1. The molecule has 1 amide bonds. The molecule has 5 nitrogen and oxygen atoms in total. The molecule has 5 heteroatoms. The highest BCUT2D eigenvalue weighted by Gasteiger charge is 2.13. The second kappa shape index (κ2) is 8.52. The molecular formula is C21H26N2O3. The van der Waals surface area contributed by atoms with Crippen molar-refractivity contribution >= 4 is 11.6 Å². The lowest BCUT2D eigenvalue weighted by Gasteiger charge is -2.19. The van der Waals surface area contributed by atoms with Gasteiger partial charge in [0, 0.05) is 0 Å². The van der Waals surface area contributed by atoms with E-state index in [2.05, 4.69) is 43.4 Å². The summed E-state index contributed by atoms with van der Waals surface area (Å²) in [5, 5.41) is 4.15. The number of nitrogens with one attached hydrogen (secondary N) is 1. The van der Waals surface area contributed by atoms with Crippen LogP contribution in [0.2, 0.25) is 0 Å². The first-order chi connectivity index (χ1) is 12.3. The first-order valence-electron chi connectivity index (χ1n) is 8.51. The van der Waals surface area contributed by atoms with Gasteiger partial charge in [-0.15, -0.1) is 0 Å². The number of benzene rings is 2. The zero-order valence-corrected chi connectivity index (χ0v) is 16.0. The third kappa shape index (κ3) is 5.34. The topological polar surface area (TPSA) is 59.9 Å². The van der Waals surface area contributed by atoms with Crippen LogP contribution in [-0.2, 0) is 10.2 Å². The standard InChI is InChI=1S/C21H26N2O3/c1-15(16-10-12-17(13-11-16)21(2,3)4)22-23-20(24)14-26-19-9-7-6-8-18(19)25-5/h6-13H,14H2,1-5H3,(H,23,24). The summed E-state index contributed by atoms with van der Waals surface area (Å²) >= 11 is 0. The number of nitrogens with zero attached hydrogens (tertiary/aromatic N) is 1. The van der Waals surface area contributed by atoms with Crippen LogP contribution in [0.5, 0.6) is 11.5 Å². The van der Waals surface area contributed by atoms with E-state index in [4.69, 9.17) is 9.47 Å². The summed E-state index contributed by atoms with van der Waals surface area (Å²) in [6, 6.07) is 15.4. The van der Waals surface area contributed by atoms with E-state index in [0.29, 0.717) is 11.5 Å². The Kier molecular flexibility index (Phi) is 6.39. The molecule has 26 heavy (non-hydrogen) atoms. The van der Waals surface area contributed by atoms with Crippen molar-refractivity contribution in [3.8, 4) is 11.5 Å². The second-order valence-electron chi connectivity index (χ2n) is 7.00. The second-order valence-corrected chi connectivity index (χ2v) is 7.00. The Morgan fingerprint density at radius 1 is 1.04 bits per heavy atom. The summed E-state index contributed by atoms with van der Waals surface area (Å²) in [5.74, 6) is 0.768. The summed E-state index contributed by atoms with van der Waals surface area (Å²) in [4.78, 5) is 12.0. The first-order valence-corrected chi connectivity index (χ1v) is 8.51. The summed E-state index contributed by atoms with van der Waals surface area (Å²) in [6.45, 7) is 8.23. The van der Waals surface area contributed by atoms with Crippen molar-refractivity contribution in [1.82, 2.24) is 5.43 Å². The molecule has 0 aliphatic rings. The number of hydrazone groups is 1. The van der Waals surface area contributed by atoms with E-state index in [1.807, 2.05) is 31.2 Å². The normalized spacial score (nSPS) is 11.8. The van der Waals surface area contributed by atoms with Crippen molar-refractivity contribution in [3.05, 3.63) is 59.7 Å². The maximum atomic E-state index is 12.0. The fraction of sp³-hybridized carbons (Fsp3) is 0.333. The largest absolute Gasteiger partial charge is 0.493 e. The molecule has 2 aromatic carbocycles. The summed E-state index contributed by atoms with van der Waals surface area (Å²) in [6.07, 6.45) is 0. The van der Waals surface area contributed by atoms with Crippen molar-refractivity contribution < 1.29 is 14.3 Å². The Labute approximate surface area is 155 Å². The lowest BCUT2D eigenvalue weighted by atomic mass is 9.86. The average molecular weight is 354 g/mol. The molecule has 0 heterocycles. The number of amides is 1. The first kappa shape index (κ1) is 19.5. The van der Waals surface area contributed by atoms with Gasteiger partial charge in [0.25, 0.3) is 5.91 Å². The number of ether oxygens (including phenoxy) is 2. The minimum absolute atomic E-state index is 0.105. The van der Waals surface area contributed by atoms with Crippen LogP contribution >= 0.6 is 0 Å². The van der Waals surface area contributed by atoms with Crippen molar-refractivity contribution in [2.75, 3.05) is 13.7 Å². The van der Waals surface area contributed by atoms with Crippen LogP contribution in [0.4, 0.5) is 0 Å². The molecule has 0 unspecified atom stereocenters. The van der Waals surface area contributed by atoms with E-state index in [9.17, 15) is 4.79 Å². The lowest BCUT2D eigenvalue weighted by molar-refractivity contribution is -0.123. The zero-order valence-electron chi connectivity index (χ0n) is 16.0. The molecule has 0 fully saturated rings. The molecule has 138 valence electrons. The van der Waals surface area contributed by atoms with Gasteiger partial charge in [0.05, 0.1) is 12.8 Å². The summed E-state index contributed by atoms with van der Waals surface area (Å²) in [7, 11) is 1.56. The predicted molar refractivity (Wildman–Crippen MR) is 104 cm³/mol. The molecule has 1 N–H and O–H groups in total. The lowest BCUT2D eigenvalue weighted by Crippen LogP contribution is -2.25. The maximum Gasteiger partial charge on any atom is 0.277 e. The number of rotatable bonds is 6. The summed E-state index contributed by atoms with van der Waals surface area (Å²) in [5.41, 5.74) is 5.57. The number of hydrogen-bond donors (Lipinski definition) is 1. The Balaban J connectivity index is 1.92.